The molecular formula is C30H32N2O. The van der Waals surface area contributed by atoms with Crippen molar-refractivity contribution in [3.8, 4) is 0 Å². The third-order valence-electron chi connectivity index (χ3n) is 8.34. The molecule has 2 N–H and O–H groups in total. The number of fused-ring (bicyclic) bond motifs is 7. The van der Waals surface area contributed by atoms with Crippen molar-refractivity contribution >= 4 is 17.3 Å². The molecule has 0 radical (unpaired) electrons. The molecule has 2 aliphatic carbocycles. The molecule has 168 valence electrons. The third kappa shape index (κ3) is 3.45. The molecule has 1 aliphatic heterocycles. The number of para-hydroxylation sites is 1. The standard InChI is InChI=1S/C30H32N2O/c1-18(2)23-10-6-7-11-25(23)32-30(33)22-14-15-26-24(17-22)27-20-12-13-21(16-20)28(27)29(31-26)19-8-4-3-5-9-19/h3-11,14-15,17-18,20-21,27-29,31H,12-13,16H2,1-2H3,(H,32,33)/t20-,21-,27-,28-,29-/m0/s1. The Labute approximate surface area is 196 Å². The van der Waals surface area contributed by atoms with Gasteiger partial charge in [-0.15, -0.1) is 0 Å². The fraction of sp³-hybridized carbons (Fsp3) is 0.367. The van der Waals surface area contributed by atoms with E-state index in [0.717, 1.165) is 23.1 Å². The highest BCUT2D eigenvalue weighted by molar-refractivity contribution is 6.05. The molecule has 2 bridgehead atoms. The number of amides is 1. The Morgan fingerprint density at radius 3 is 2.52 bits per heavy atom. The van der Waals surface area contributed by atoms with Gasteiger partial charge in [0.2, 0.25) is 0 Å². The van der Waals surface area contributed by atoms with Crippen LogP contribution < -0.4 is 10.6 Å². The van der Waals surface area contributed by atoms with Crippen LogP contribution >= 0.6 is 0 Å². The smallest absolute Gasteiger partial charge is 0.255 e. The van der Waals surface area contributed by atoms with E-state index in [-0.39, 0.29) is 5.91 Å². The van der Waals surface area contributed by atoms with E-state index in [4.69, 9.17) is 0 Å². The molecule has 1 amide bonds. The van der Waals surface area contributed by atoms with Gasteiger partial charge >= 0.3 is 0 Å². The fourth-order valence-electron chi connectivity index (χ4n) is 6.93. The summed E-state index contributed by atoms with van der Waals surface area (Å²) in [6.45, 7) is 4.32. The Hall–Kier alpha value is -3.07. The van der Waals surface area contributed by atoms with Crippen LogP contribution in [0, 0.1) is 17.8 Å². The molecule has 0 aromatic heterocycles. The second kappa shape index (κ2) is 8.06. The first-order chi connectivity index (χ1) is 16.1. The Kier molecular flexibility index (Phi) is 5.01. The van der Waals surface area contributed by atoms with Crippen molar-refractivity contribution in [3.05, 3.63) is 95.1 Å². The van der Waals surface area contributed by atoms with Gasteiger partial charge in [0.1, 0.15) is 0 Å². The molecular weight excluding hydrogens is 404 g/mol. The molecule has 0 unspecified atom stereocenters. The van der Waals surface area contributed by atoms with Crippen molar-refractivity contribution in [3.63, 3.8) is 0 Å². The predicted molar refractivity (Wildman–Crippen MR) is 135 cm³/mol. The maximum absolute atomic E-state index is 13.3. The van der Waals surface area contributed by atoms with Gasteiger partial charge in [0.15, 0.2) is 0 Å². The van der Waals surface area contributed by atoms with Crippen LogP contribution in [0.15, 0.2) is 72.8 Å². The van der Waals surface area contributed by atoms with Crippen LogP contribution in [0.5, 0.6) is 0 Å². The van der Waals surface area contributed by atoms with Crippen molar-refractivity contribution in [1.29, 1.82) is 0 Å². The van der Waals surface area contributed by atoms with E-state index in [0.29, 0.717) is 23.8 Å². The van der Waals surface area contributed by atoms with E-state index in [1.165, 1.54) is 41.6 Å². The van der Waals surface area contributed by atoms with E-state index in [2.05, 4.69) is 73.0 Å². The maximum atomic E-state index is 13.3. The monoisotopic (exact) mass is 436 g/mol. The van der Waals surface area contributed by atoms with Crippen LogP contribution in [0.2, 0.25) is 0 Å². The summed E-state index contributed by atoms with van der Waals surface area (Å²) in [7, 11) is 0. The molecule has 5 atom stereocenters. The van der Waals surface area contributed by atoms with Gasteiger partial charge in [-0.05, 0) is 89.8 Å². The van der Waals surface area contributed by atoms with Crippen molar-refractivity contribution in [2.45, 2.75) is 51.0 Å². The lowest BCUT2D eigenvalue weighted by Crippen LogP contribution is -2.35. The number of anilines is 2. The van der Waals surface area contributed by atoms with E-state index in [1.807, 2.05) is 24.3 Å². The lowest BCUT2D eigenvalue weighted by atomic mass is 9.68. The summed E-state index contributed by atoms with van der Waals surface area (Å²) in [5.41, 5.74) is 6.78. The largest absolute Gasteiger partial charge is 0.378 e. The van der Waals surface area contributed by atoms with Crippen molar-refractivity contribution < 1.29 is 4.79 Å². The molecule has 2 saturated carbocycles. The van der Waals surface area contributed by atoms with Gasteiger partial charge in [-0.1, -0.05) is 62.4 Å². The van der Waals surface area contributed by atoms with E-state index < -0.39 is 0 Å². The summed E-state index contributed by atoms with van der Waals surface area (Å²) in [5.74, 6) is 3.02. The average molecular weight is 437 g/mol. The third-order valence-corrected chi connectivity index (χ3v) is 8.34. The number of benzene rings is 3. The van der Waals surface area contributed by atoms with Gasteiger partial charge < -0.3 is 10.6 Å². The molecule has 1 heterocycles. The van der Waals surface area contributed by atoms with Gasteiger partial charge in [-0.2, -0.15) is 0 Å². The minimum Gasteiger partial charge on any atom is -0.378 e. The number of nitrogens with one attached hydrogen (secondary N) is 2. The van der Waals surface area contributed by atoms with E-state index >= 15 is 0 Å². The van der Waals surface area contributed by atoms with Crippen LogP contribution in [-0.2, 0) is 0 Å². The van der Waals surface area contributed by atoms with Crippen LogP contribution in [0.4, 0.5) is 11.4 Å². The average Bonchev–Trinajstić information content (AvgIpc) is 3.47. The lowest BCUT2D eigenvalue weighted by molar-refractivity contribution is 0.102. The first-order valence-electron chi connectivity index (χ1n) is 12.5. The first kappa shape index (κ1) is 20.5. The van der Waals surface area contributed by atoms with E-state index in [1.54, 1.807) is 0 Å². The second-order valence-electron chi connectivity index (χ2n) is 10.5. The Bertz CT molecular complexity index is 1180. The predicted octanol–water partition coefficient (Wildman–Crippen LogP) is 7.36. The molecule has 3 nitrogen and oxygen atoms in total. The van der Waals surface area contributed by atoms with Gasteiger partial charge in [0.25, 0.3) is 5.91 Å². The zero-order valence-corrected chi connectivity index (χ0v) is 19.4. The molecule has 3 aromatic rings. The summed E-state index contributed by atoms with van der Waals surface area (Å²) >= 11 is 0. The molecule has 0 spiro atoms. The van der Waals surface area contributed by atoms with Crippen molar-refractivity contribution in [2.75, 3.05) is 10.6 Å². The van der Waals surface area contributed by atoms with Crippen LogP contribution in [-0.4, -0.2) is 5.91 Å². The molecule has 6 rings (SSSR count). The summed E-state index contributed by atoms with van der Waals surface area (Å²) < 4.78 is 0. The molecule has 0 saturated heterocycles. The van der Waals surface area contributed by atoms with Gasteiger partial charge in [0.05, 0.1) is 6.04 Å². The highest BCUT2D eigenvalue weighted by Crippen LogP contribution is 2.63. The van der Waals surface area contributed by atoms with Gasteiger partial charge in [-0.25, -0.2) is 0 Å². The van der Waals surface area contributed by atoms with Crippen LogP contribution in [0.1, 0.15) is 78.0 Å². The van der Waals surface area contributed by atoms with Crippen LogP contribution in [0.3, 0.4) is 0 Å². The zero-order valence-electron chi connectivity index (χ0n) is 19.4. The summed E-state index contributed by atoms with van der Waals surface area (Å²) in [6.07, 6.45) is 4.00. The summed E-state index contributed by atoms with van der Waals surface area (Å²) in [6, 6.07) is 25.7. The number of carbonyl (C=O) groups is 1. The van der Waals surface area contributed by atoms with Gasteiger partial charge in [0, 0.05) is 16.9 Å². The quantitative estimate of drug-likeness (QED) is 0.449. The first-order valence-corrected chi connectivity index (χ1v) is 12.5. The number of carbonyl (C=O) groups excluding carboxylic acids is 1. The highest BCUT2D eigenvalue weighted by Gasteiger charge is 2.53. The Morgan fingerprint density at radius 1 is 0.939 bits per heavy atom. The molecule has 33 heavy (non-hydrogen) atoms. The zero-order chi connectivity index (χ0) is 22.5. The maximum Gasteiger partial charge on any atom is 0.255 e. The number of rotatable bonds is 4. The van der Waals surface area contributed by atoms with Crippen LogP contribution in [0.25, 0.3) is 0 Å². The topological polar surface area (TPSA) is 41.1 Å². The number of hydrogen-bond donors (Lipinski definition) is 2. The fourth-order valence-corrected chi connectivity index (χ4v) is 6.93. The lowest BCUT2D eigenvalue weighted by Gasteiger charge is -2.43. The summed E-state index contributed by atoms with van der Waals surface area (Å²) in [5, 5.41) is 7.06. The number of hydrogen-bond acceptors (Lipinski definition) is 2. The molecule has 2 fully saturated rings. The molecule has 3 aliphatic rings. The second-order valence-corrected chi connectivity index (χ2v) is 10.5. The Balaban J connectivity index is 1.34. The normalized spacial score (nSPS) is 27.1. The minimum atomic E-state index is -0.0178. The van der Waals surface area contributed by atoms with Crippen molar-refractivity contribution in [2.24, 2.45) is 17.8 Å². The summed E-state index contributed by atoms with van der Waals surface area (Å²) in [4.78, 5) is 13.3. The van der Waals surface area contributed by atoms with Crippen molar-refractivity contribution in [1.82, 2.24) is 0 Å². The minimum absolute atomic E-state index is 0.0178. The highest BCUT2D eigenvalue weighted by atomic mass is 16.1. The molecule has 3 aromatic carbocycles. The Morgan fingerprint density at radius 2 is 1.70 bits per heavy atom. The molecule has 3 heteroatoms. The van der Waals surface area contributed by atoms with E-state index in [9.17, 15) is 4.79 Å². The van der Waals surface area contributed by atoms with Gasteiger partial charge in [-0.3, -0.25) is 4.79 Å². The SMILES string of the molecule is CC(C)c1ccccc1NC(=O)c1ccc2c(c1)[C@@H]1[C@H]3CC[C@@H](C3)[C@@H]1[C@H](c1ccccc1)N2.